The molecule has 1 saturated heterocycles. The highest BCUT2D eigenvalue weighted by atomic mass is 35.5. The molecule has 1 atom stereocenters. The first-order chi connectivity index (χ1) is 13.7. The molecule has 1 fully saturated rings. The number of anilines is 2. The van der Waals surface area contributed by atoms with E-state index in [1.807, 2.05) is 6.07 Å². The molecule has 2 aromatic rings. The van der Waals surface area contributed by atoms with Crippen molar-refractivity contribution in [2.75, 3.05) is 22.5 Å². The van der Waals surface area contributed by atoms with Gasteiger partial charge >= 0.3 is 6.18 Å². The summed E-state index contributed by atoms with van der Waals surface area (Å²) in [7, 11) is 0. The Labute approximate surface area is 176 Å². The Kier molecular flexibility index (Phi) is 6.89. The van der Waals surface area contributed by atoms with Gasteiger partial charge in [0.15, 0.2) is 0 Å². The van der Waals surface area contributed by atoms with Crippen molar-refractivity contribution in [1.29, 1.82) is 0 Å². The summed E-state index contributed by atoms with van der Waals surface area (Å²) in [6.07, 6.45) is 0.294. The van der Waals surface area contributed by atoms with E-state index in [0.29, 0.717) is 11.1 Å². The van der Waals surface area contributed by atoms with Crippen LogP contribution in [0.15, 0.2) is 35.6 Å². The summed E-state index contributed by atoms with van der Waals surface area (Å²) in [5, 5.41) is 2.69. The third-order valence-corrected chi connectivity index (χ3v) is 5.89. The SMILES string of the molecule is C[C@H]1CCCCN1c1cc(SCC(=O)Nc2ccc(Cl)c(C(F)(F)F)c2)ncn1. The predicted molar refractivity (Wildman–Crippen MR) is 108 cm³/mol. The van der Waals surface area contributed by atoms with Crippen LogP contribution < -0.4 is 10.2 Å². The number of nitrogens with one attached hydrogen (secondary N) is 1. The Hall–Kier alpha value is -2.00. The topological polar surface area (TPSA) is 58.1 Å². The van der Waals surface area contributed by atoms with Crippen molar-refractivity contribution in [2.45, 2.75) is 43.4 Å². The Balaban J connectivity index is 1.61. The Morgan fingerprint density at radius 2 is 2.10 bits per heavy atom. The first-order valence-corrected chi connectivity index (χ1v) is 10.5. The summed E-state index contributed by atoms with van der Waals surface area (Å²) >= 11 is 6.79. The fourth-order valence-electron chi connectivity index (χ4n) is 3.16. The maximum Gasteiger partial charge on any atom is 0.417 e. The van der Waals surface area contributed by atoms with Crippen molar-refractivity contribution in [3.63, 3.8) is 0 Å². The van der Waals surface area contributed by atoms with Crippen molar-refractivity contribution in [2.24, 2.45) is 0 Å². The summed E-state index contributed by atoms with van der Waals surface area (Å²) in [5.74, 6) is 0.398. The highest BCUT2D eigenvalue weighted by Crippen LogP contribution is 2.36. The first kappa shape index (κ1) is 21.7. The van der Waals surface area contributed by atoms with Gasteiger partial charge in [0.05, 0.1) is 16.3 Å². The molecule has 0 spiro atoms. The number of aromatic nitrogens is 2. The summed E-state index contributed by atoms with van der Waals surface area (Å²) < 4.78 is 38.8. The van der Waals surface area contributed by atoms with Gasteiger partial charge in [0.25, 0.3) is 0 Å². The van der Waals surface area contributed by atoms with Gasteiger partial charge in [0, 0.05) is 24.3 Å². The van der Waals surface area contributed by atoms with Crippen LogP contribution in [0, 0.1) is 0 Å². The number of amides is 1. The van der Waals surface area contributed by atoms with Gasteiger partial charge in [-0.3, -0.25) is 4.79 Å². The minimum atomic E-state index is -4.59. The molecule has 1 aliphatic heterocycles. The molecule has 1 aliphatic rings. The Morgan fingerprint density at radius 1 is 1.31 bits per heavy atom. The average Bonchev–Trinajstić information content (AvgIpc) is 2.67. The third-order valence-electron chi connectivity index (χ3n) is 4.63. The van der Waals surface area contributed by atoms with Crippen molar-refractivity contribution in [1.82, 2.24) is 9.97 Å². The van der Waals surface area contributed by atoms with E-state index in [0.717, 1.165) is 37.3 Å². The minimum Gasteiger partial charge on any atom is -0.354 e. The van der Waals surface area contributed by atoms with Crippen LogP contribution in [0.5, 0.6) is 0 Å². The Bertz CT molecular complexity index is 881. The predicted octanol–water partition coefficient (Wildman–Crippen LogP) is 5.26. The van der Waals surface area contributed by atoms with Gasteiger partial charge in [-0.15, -0.1) is 0 Å². The number of alkyl halides is 3. The normalized spacial score (nSPS) is 17.3. The monoisotopic (exact) mass is 444 g/mol. The van der Waals surface area contributed by atoms with Crippen LogP contribution in [0.1, 0.15) is 31.7 Å². The molecule has 5 nitrogen and oxygen atoms in total. The molecule has 2 heterocycles. The molecule has 1 amide bonds. The summed E-state index contributed by atoms with van der Waals surface area (Å²) in [6.45, 7) is 3.09. The molecule has 3 rings (SSSR count). The van der Waals surface area contributed by atoms with Crippen molar-refractivity contribution >= 4 is 40.8 Å². The number of carbonyl (C=O) groups excluding carboxylic acids is 1. The molecule has 1 N–H and O–H groups in total. The van der Waals surface area contributed by atoms with Gasteiger partial charge in [-0.1, -0.05) is 23.4 Å². The number of hydrogen-bond donors (Lipinski definition) is 1. The molecule has 1 aromatic carbocycles. The maximum absolute atomic E-state index is 12.9. The lowest BCUT2D eigenvalue weighted by molar-refractivity contribution is -0.137. The van der Waals surface area contributed by atoms with E-state index in [4.69, 9.17) is 11.6 Å². The lowest BCUT2D eigenvalue weighted by atomic mass is 10.0. The number of halogens is 4. The van der Waals surface area contributed by atoms with Crippen molar-refractivity contribution in [3.8, 4) is 0 Å². The maximum atomic E-state index is 12.9. The summed E-state index contributed by atoms with van der Waals surface area (Å²) in [4.78, 5) is 22.9. The quantitative estimate of drug-likeness (QED) is 0.503. The van der Waals surface area contributed by atoms with Crippen LogP contribution in [-0.2, 0) is 11.0 Å². The fourth-order valence-corrected chi connectivity index (χ4v) is 4.05. The van der Waals surface area contributed by atoms with Gasteiger partial charge in [-0.2, -0.15) is 13.2 Å². The number of piperidine rings is 1. The van der Waals surface area contributed by atoms with Gasteiger partial charge in [0.1, 0.15) is 17.2 Å². The van der Waals surface area contributed by atoms with Crippen molar-refractivity contribution < 1.29 is 18.0 Å². The number of hydrogen-bond acceptors (Lipinski definition) is 5. The van der Waals surface area contributed by atoms with Crippen LogP contribution in [0.3, 0.4) is 0 Å². The van der Waals surface area contributed by atoms with Crippen LogP contribution in [0.4, 0.5) is 24.7 Å². The molecule has 0 radical (unpaired) electrons. The zero-order valence-electron chi connectivity index (χ0n) is 15.7. The smallest absolute Gasteiger partial charge is 0.354 e. The lowest BCUT2D eigenvalue weighted by Crippen LogP contribution is -2.38. The van der Waals surface area contributed by atoms with Gasteiger partial charge < -0.3 is 10.2 Å². The second-order valence-corrected chi connectivity index (χ2v) is 8.18. The average molecular weight is 445 g/mol. The van der Waals surface area contributed by atoms with E-state index in [1.54, 1.807) is 0 Å². The molecule has 0 aliphatic carbocycles. The van der Waals surface area contributed by atoms with Crippen LogP contribution in [0.2, 0.25) is 5.02 Å². The Morgan fingerprint density at radius 3 is 2.83 bits per heavy atom. The second kappa shape index (κ2) is 9.21. The second-order valence-electron chi connectivity index (χ2n) is 6.78. The van der Waals surface area contributed by atoms with Gasteiger partial charge in [-0.25, -0.2) is 9.97 Å². The minimum absolute atomic E-state index is 0.00991. The zero-order chi connectivity index (χ0) is 21.0. The summed E-state index contributed by atoms with van der Waals surface area (Å²) in [5.41, 5.74) is -0.946. The highest BCUT2D eigenvalue weighted by molar-refractivity contribution is 7.99. The number of nitrogens with zero attached hydrogens (tertiary/aromatic N) is 3. The number of rotatable bonds is 5. The zero-order valence-corrected chi connectivity index (χ0v) is 17.2. The van der Waals surface area contributed by atoms with Crippen molar-refractivity contribution in [3.05, 3.63) is 41.2 Å². The number of carbonyl (C=O) groups is 1. The fraction of sp³-hybridized carbons (Fsp3) is 0.421. The molecule has 0 saturated carbocycles. The standard InChI is InChI=1S/C19H20ClF3N4OS/c1-12-4-2-3-7-27(12)16-9-18(25-11-24-16)29-10-17(28)26-13-5-6-15(20)14(8-13)19(21,22)23/h5-6,8-9,11-12H,2-4,7,10H2,1H3,(H,26,28)/t12-/m0/s1. The highest BCUT2D eigenvalue weighted by Gasteiger charge is 2.33. The first-order valence-electron chi connectivity index (χ1n) is 9.12. The van der Waals surface area contributed by atoms with E-state index >= 15 is 0 Å². The van der Waals surface area contributed by atoms with Gasteiger partial charge in [0.2, 0.25) is 5.91 Å². The molecule has 29 heavy (non-hydrogen) atoms. The van der Waals surface area contributed by atoms with E-state index in [1.165, 1.54) is 30.6 Å². The van der Waals surface area contributed by atoms with E-state index in [9.17, 15) is 18.0 Å². The number of benzene rings is 1. The van der Waals surface area contributed by atoms with Gasteiger partial charge in [-0.05, 0) is 44.4 Å². The summed E-state index contributed by atoms with van der Waals surface area (Å²) in [6, 6.07) is 5.51. The number of thioether (sulfide) groups is 1. The lowest BCUT2D eigenvalue weighted by Gasteiger charge is -2.34. The third kappa shape index (κ3) is 5.76. The molecule has 0 bridgehead atoms. The molecule has 156 valence electrons. The molecular formula is C19H20ClF3N4OS. The van der Waals surface area contributed by atoms with E-state index < -0.39 is 22.7 Å². The largest absolute Gasteiger partial charge is 0.417 e. The molecule has 0 unspecified atom stereocenters. The van der Waals surface area contributed by atoms with Crippen LogP contribution in [-0.4, -0.2) is 34.2 Å². The van der Waals surface area contributed by atoms with Crippen LogP contribution in [0.25, 0.3) is 0 Å². The molecule has 1 aromatic heterocycles. The van der Waals surface area contributed by atoms with E-state index in [-0.39, 0.29) is 11.4 Å². The van der Waals surface area contributed by atoms with Crippen LogP contribution >= 0.6 is 23.4 Å². The molecular weight excluding hydrogens is 425 g/mol. The molecule has 10 heteroatoms. The van der Waals surface area contributed by atoms with E-state index in [2.05, 4.69) is 27.1 Å².